The number of rotatable bonds is 8. The van der Waals surface area contributed by atoms with Gasteiger partial charge in [0.2, 0.25) is 5.91 Å². The molecule has 0 saturated carbocycles. The lowest BCUT2D eigenvalue weighted by Gasteiger charge is -2.30. The van der Waals surface area contributed by atoms with Crippen LogP contribution in [0.5, 0.6) is 0 Å². The predicted molar refractivity (Wildman–Crippen MR) is 64.6 cm³/mol. The largest absolute Gasteiger partial charge is 0.366 e. The maximum Gasteiger partial charge on any atom is 0.245 e. The van der Waals surface area contributed by atoms with Crippen molar-refractivity contribution in [3.8, 4) is 0 Å². The van der Waals surface area contributed by atoms with Crippen molar-refractivity contribution in [2.45, 2.75) is 46.1 Å². The monoisotopic (exact) mass is 212 g/mol. The summed E-state index contributed by atoms with van der Waals surface area (Å²) in [5.74, 6) is -0.376. The zero-order valence-corrected chi connectivity index (χ0v) is 10.3. The van der Waals surface area contributed by atoms with Gasteiger partial charge in [-0.2, -0.15) is 0 Å². The molecule has 3 heteroatoms. The first-order chi connectivity index (χ1) is 7.08. The number of carbonyl (C=O) groups is 1. The lowest BCUT2D eigenvalue weighted by atomic mass is 10.0. The molecule has 0 saturated heterocycles. The molecule has 0 aliphatic heterocycles. The van der Waals surface area contributed by atoms with Crippen LogP contribution < -0.4 is 5.73 Å². The number of nitrogens with zero attached hydrogens (tertiary/aromatic N) is 1. The van der Waals surface area contributed by atoms with Crippen LogP contribution in [-0.2, 0) is 4.79 Å². The number of nitrogens with two attached hydrogens (primary N) is 1. The fraction of sp³-hybridized carbons (Fsp3) is 0.750. The minimum absolute atomic E-state index is 0.113. The Labute approximate surface area is 93.3 Å². The first kappa shape index (κ1) is 14.2. The summed E-state index contributed by atoms with van der Waals surface area (Å²) in [6.45, 7) is 12.1. The van der Waals surface area contributed by atoms with Crippen LogP contribution in [-0.4, -0.2) is 29.9 Å². The molecular weight excluding hydrogens is 188 g/mol. The van der Waals surface area contributed by atoms with E-state index < -0.39 is 0 Å². The minimum Gasteiger partial charge on any atom is -0.366 e. The molecule has 3 nitrogen and oxygen atoms in total. The SMILES string of the molecule is C=C(C(N)=O)C(CC)N(CCC)CCC. The van der Waals surface area contributed by atoms with Crippen LogP contribution in [0.4, 0.5) is 0 Å². The molecule has 0 heterocycles. The summed E-state index contributed by atoms with van der Waals surface area (Å²) in [6.07, 6.45) is 3.06. The second kappa shape index (κ2) is 7.46. The Balaban J connectivity index is 4.56. The van der Waals surface area contributed by atoms with Gasteiger partial charge in [-0.1, -0.05) is 27.4 Å². The van der Waals surface area contributed by atoms with Crippen LogP contribution in [0.25, 0.3) is 0 Å². The molecule has 2 N–H and O–H groups in total. The van der Waals surface area contributed by atoms with Crippen molar-refractivity contribution in [2.24, 2.45) is 5.73 Å². The van der Waals surface area contributed by atoms with E-state index in [1.54, 1.807) is 0 Å². The van der Waals surface area contributed by atoms with Gasteiger partial charge < -0.3 is 5.73 Å². The highest BCUT2D eigenvalue weighted by Crippen LogP contribution is 2.13. The summed E-state index contributed by atoms with van der Waals surface area (Å²) in [5.41, 5.74) is 5.82. The number of hydrogen-bond donors (Lipinski definition) is 1. The van der Waals surface area contributed by atoms with Crippen LogP contribution in [0.2, 0.25) is 0 Å². The third-order valence-electron chi connectivity index (χ3n) is 2.57. The van der Waals surface area contributed by atoms with Gasteiger partial charge in [0, 0.05) is 11.6 Å². The van der Waals surface area contributed by atoms with E-state index in [4.69, 9.17) is 5.73 Å². The molecular formula is C12H24N2O. The fourth-order valence-corrected chi connectivity index (χ4v) is 1.89. The molecule has 1 unspecified atom stereocenters. The van der Waals surface area contributed by atoms with E-state index in [9.17, 15) is 4.79 Å². The van der Waals surface area contributed by atoms with E-state index in [1.165, 1.54) is 0 Å². The zero-order chi connectivity index (χ0) is 11.8. The number of amides is 1. The van der Waals surface area contributed by atoms with E-state index in [1.807, 2.05) is 0 Å². The maximum absolute atomic E-state index is 11.1. The molecule has 0 fully saturated rings. The van der Waals surface area contributed by atoms with Crippen molar-refractivity contribution in [3.63, 3.8) is 0 Å². The van der Waals surface area contributed by atoms with Crippen LogP contribution in [0.1, 0.15) is 40.0 Å². The lowest BCUT2D eigenvalue weighted by molar-refractivity contribution is -0.115. The van der Waals surface area contributed by atoms with Crippen LogP contribution in [0.15, 0.2) is 12.2 Å². The van der Waals surface area contributed by atoms with Gasteiger partial charge in [0.05, 0.1) is 0 Å². The van der Waals surface area contributed by atoms with Crippen molar-refractivity contribution < 1.29 is 4.79 Å². The van der Waals surface area contributed by atoms with E-state index in [0.29, 0.717) is 5.57 Å². The number of hydrogen-bond acceptors (Lipinski definition) is 2. The van der Waals surface area contributed by atoms with Gasteiger partial charge in [0.1, 0.15) is 0 Å². The molecule has 0 spiro atoms. The van der Waals surface area contributed by atoms with Gasteiger partial charge in [-0.05, 0) is 32.4 Å². The van der Waals surface area contributed by atoms with E-state index in [2.05, 4.69) is 32.3 Å². The van der Waals surface area contributed by atoms with Crippen LogP contribution in [0.3, 0.4) is 0 Å². The Morgan fingerprint density at radius 2 is 1.73 bits per heavy atom. The Hall–Kier alpha value is -0.830. The average Bonchev–Trinajstić information content (AvgIpc) is 2.19. The zero-order valence-electron chi connectivity index (χ0n) is 10.3. The second-order valence-electron chi connectivity index (χ2n) is 3.85. The third kappa shape index (κ3) is 4.47. The average molecular weight is 212 g/mol. The van der Waals surface area contributed by atoms with Gasteiger partial charge in [-0.3, -0.25) is 9.69 Å². The number of carbonyl (C=O) groups excluding carboxylic acids is 1. The van der Waals surface area contributed by atoms with Crippen LogP contribution >= 0.6 is 0 Å². The highest BCUT2D eigenvalue weighted by atomic mass is 16.1. The molecule has 0 aliphatic rings. The molecule has 0 aromatic carbocycles. The predicted octanol–water partition coefficient (Wildman–Crippen LogP) is 1.93. The van der Waals surface area contributed by atoms with Gasteiger partial charge in [-0.15, -0.1) is 0 Å². The fourth-order valence-electron chi connectivity index (χ4n) is 1.89. The van der Waals surface area contributed by atoms with Crippen molar-refractivity contribution in [2.75, 3.05) is 13.1 Å². The summed E-state index contributed by atoms with van der Waals surface area (Å²) in [4.78, 5) is 13.4. The molecule has 0 aliphatic carbocycles. The second-order valence-corrected chi connectivity index (χ2v) is 3.85. The van der Waals surface area contributed by atoms with Gasteiger partial charge in [-0.25, -0.2) is 0 Å². The van der Waals surface area contributed by atoms with Gasteiger partial charge in [0.25, 0.3) is 0 Å². The van der Waals surface area contributed by atoms with E-state index in [0.717, 1.165) is 32.4 Å². The number of primary amides is 1. The van der Waals surface area contributed by atoms with Crippen molar-refractivity contribution in [1.82, 2.24) is 4.90 Å². The Morgan fingerprint density at radius 1 is 1.27 bits per heavy atom. The molecule has 0 rings (SSSR count). The summed E-state index contributed by atoms with van der Waals surface area (Å²) < 4.78 is 0. The smallest absolute Gasteiger partial charge is 0.245 e. The summed E-state index contributed by atoms with van der Waals surface area (Å²) in [7, 11) is 0. The first-order valence-corrected chi connectivity index (χ1v) is 5.81. The summed E-state index contributed by atoms with van der Waals surface area (Å²) >= 11 is 0. The highest BCUT2D eigenvalue weighted by Gasteiger charge is 2.21. The minimum atomic E-state index is -0.376. The van der Waals surface area contributed by atoms with Crippen molar-refractivity contribution in [1.29, 1.82) is 0 Å². The lowest BCUT2D eigenvalue weighted by Crippen LogP contribution is -2.40. The Kier molecular flexibility index (Phi) is 7.05. The summed E-state index contributed by atoms with van der Waals surface area (Å²) in [6, 6.07) is 0.113. The van der Waals surface area contributed by atoms with Crippen molar-refractivity contribution >= 4 is 5.91 Å². The van der Waals surface area contributed by atoms with Crippen LogP contribution in [0, 0.1) is 0 Å². The Morgan fingerprint density at radius 3 is 2.00 bits per heavy atom. The molecule has 1 amide bonds. The first-order valence-electron chi connectivity index (χ1n) is 5.81. The molecule has 0 aromatic heterocycles. The normalized spacial score (nSPS) is 12.8. The van der Waals surface area contributed by atoms with E-state index in [-0.39, 0.29) is 11.9 Å². The molecule has 0 radical (unpaired) electrons. The molecule has 15 heavy (non-hydrogen) atoms. The maximum atomic E-state index is 11.1. The van der Waals surface area contributed by atoms with E-state index >= 15 is 0 Å². The van der Waals surface area contributed by atoms with Gasteiger partial charge >= 0.3 is 0 Å². The standard InChI is InChI=1S/C12H24N2O/c1-5-8-14(9-6-2)11(7-3)10(4)12(13)15/h11H,4-9H2,1-3H3,(H2,13,15). The Bertz CT molecular complexity index is 208. The molecule has 0 bridgehead atoms. The molecule has 88 valence electrons. The quantitative estimate of drug-likeness (QED) is 0.625. The molecule has 1 atom stereocenters. The summed E-state index contributed by atoms with van der Waals surface area (Å²) in [5, 5.41) is 0. The third-order valence-corrected chi connectivity index (χ3v) is 2.57. The highest BCUT2D eigenvalue weighted by molar-refractivity contribution is 5.92. The van der Waals surface area contributed by atoms with Gasteiger partial charge in [0.15, 0.2) is 0 Å². The topological polar surface area (TPSA) is 46.3 Å². The van der Waals surface area contributed by atoms with Crippen molar-refractivity contribution in [3.05, 3.63) is 12.2 Å². The molecule has 0 aromatic rings.